The van der Waals surface area contributed by atoms with Crippen LogP contribution in [-0.2, 0) is 0 Å². The molecule has 4 nitrogen and oxygen atoms in total. The molecule has 0 amide bonds. The lowest BCUT2D eigenvalue weighted by Gasteiger charge is -2.04. The molecule has 0 saturated heterocycles. The summed E-state index contributed by atoms with van der Waals surface area (Å²) in [5, 5.41) is 12.8. The molecule has 0 aliphatic heterocycles. The van der Waals surface area contributed by atoms with E-state index in [1.54, 1.807) is 4.52 Å². The van der Waals surface area contributed by atoms with Crippen LogP contribution in [0.3, 0.4) is 0 Å². The summed E-state index contributed by atoms with van der Waals surface area (Å²) in [6, 6.07) is 8.05. The summed E-state index contributed by atoms with van der Waals surface area (Å²) in [7, 11) is 0. The Labute approximate surface area is 94.0 Å². The van der Waals surface area contributed by atoms with Gasteiger partial charge in [-0.15, -0.1) is 5.10 Å². The van der Waals surface area contributed by atoms with Crippen molar-refractivity contribution < 1.29 is 0 Å². The van der Waals surface area contributed by atoms with E-state index in [4.69, 9.17) is 0 Å². The summed E-state index contributed by atoms with van der Waals surface area (Å²) in [5.41, 5.74) is 2.96. The van der Waals surface area contributed by atoms with E-state index in [1.807, 2.05) is 18.2 Å². The second-order valence-electron chi connectivity index (χ2n) is 3.41. The third-order valence-corrected chi connectivity index (χ3v) is 3.10. The van der Waals surface area contributed by atoms with Gasteiger partial charge in [-0.2, -0.15) is 4.52 Å². The Kier molecular flexibility index (Phi) is 1.76. The van der Waals surface area contributed by atoms with Crippen LogP contribution in [0.5, 0.6) is 0 Å². The maximum atomic E-state index is 3.97. The Morgan fingerprint density at radius 1 is 1.33 bits per heavy atom. The maximum absolute atomic E-state index is 3.97. The van der Waals surface area contributed by atoms with E-state index >= 15 is 0 Å². The van der Waals surface area contributed by atoms with Crippen molar-refractivity contribution in [1.82, 2.24) is 20.0 Å². The molecule has 0 aliphatic carbocycles. The van der Waals surface area contributed by atoms with Crippen molar-refractivity contribution in [1.29, 1.82) is 0 Å². The summed E-state index contributed by atoms with van der Waals surface area (Å²) in [5.74, 6) is 0. The van der Waals surface area contributed by atoms with Gasteiger partial charge in [0.2, 0.25) is 0 Å². The minimum atomic E-state index is 0.770. The molecular formula is C10H7BrN4. The van der Waals surface area contributed by atoms with Crippen molar-refractivity contribution in [2.24, 2.45) is 0 Å². The fourth-order valence-corrected chi connectivity index (χ4v) is 2.30. The number of benzene rings is 1. The van der Waals surface area contributed by atoms with Crippen LogP contribution in [0.15, 0.2) is 28.7 Å². The Morgan fingerprint density at radius 2 is 2.20 bits per heavy atom. The highest BCUT2D eigenvalue weighted by molar-refractivity contribution is 9.10. The minimum absolute atomic E-state index is 0.770. The van der Waals surface area contributed by atoms with Crippen LogP contribution in [0, 0.1) is 6.92 Å². The van der Waals surface area contributed by atoms with Crippen molar-refractivity contribution in [3.63, 3.8) is 0 Å². The molecular weight excluding hydrogens is 256 g/mol. The number of rotatable bonds is 0. The average molecular weight is 263 g/mol. The number of tetrazole rings is 1. The predicted molar refractivity (Wildman–Crippen MR) is 60.7 cm³/mol. The molecule has 2 aromatic heterocycles. The van der Waals surface area contributed by atoms with Crippen LogP contribution >= 0.6 is 15.9 Å². The fraction of sp³-hybridized carbons (Fsp3) is 0.100. The molecule has 0 spiro atoms. The molecule has 0 N–H and O–H groups in total. The topological polar surface area (TPSA) is 43.1 Å². The van der Waals surface area contributed by atoms with Crippen molar-refractivity contribution in [3.05, 3.63) is 34.3 Å². The number of halogens is 1. The smallest absolute Gasteiger partial charge is 0.180 e. The molecule has 0 fully saturated rings. The molecule has 3 aromatic rings. The van der Waals surface area contributed by atoms with Gasteiger partial charge >= 0.3 is 0 Å². The molecule has 0 atom stereocenters. The molecule has 0 bridgehead atoms. The van der Waals surface area contributed by atoms with E-state index in [0.717, 1.165) is 21.0 Å². The summed E-state index contributed by atoms with van der Waals surface area (Å²) < 4.78 is 2.74. The first-order valence-electron chi connectivity index (χ1n) is 4.53. The Balaban J connectivity index is 2.69. The number of hydrogen-bond donors (Lipinski definition) is 0. The quantitative estimate of drug-likeness (QED) is 0.625. The van der Waals surface area contributed by atoms with Crippen LogP contribution in [0.2, 0.25) is 0 Å². The van der Waals surface area contributed by atoms with Gasteiger partial charge in [0.25, 0.3) is 0 Å². The Bertz CT molecular complexity index is 659. The monoisotopic (exact) mass is 262 g/mol. The van der Waals surface area contributed by atoms with Crippen LogP contribution in [0.1, 0.15) is 5.56 Å². The van der Waals surface area contributed by atoms with Gasteiger partial charge in [0.15, 0.2) is 5.65 Å². The van der Waals surface area contributed by atoms with Crippen molar-refractivity contribution in [3.8, 4) is 0 Å². The molecule has 0 aliphatic rings. The van der Waals surface area contributed by atoms with E-state index in [-0.39, 0.29) is 0 Å². The SMILES string of the molecule is Cc1cc2nnnn2c2c(Br)cccc12. The zero-order valence-corrected chi connectivity index (χ0v) is 9.56. The van der Waals surface area contributed by atoms with E-state index in [1.165, 1.54) is 5.56 Å². The fourth-order valence-electron chi connectivity index (χ4n) is 1.76. The average Bonchev–Trinajstić information content (AvgIpc) is 2.66. The third-order valence-electron chi connectivity index (χ3n) is 2.46. The van der Waals surface area contributed by atoms with Gasteiger partial charge in [0.05, 0.1) is 5.52 Å². The molecule has 3 rings (SSSR count). The highest BCUT2D eigenvalue weighted by atomic mass is 79.9. The first kappa shape index (κ1) is 8.79. The first-order chi connectivity index (χ1) is 7.27. The lowest BCUT2D eigenvalue weighted by molar-refractivity contribution is 0.840. The largest absolute Gasteiger partial charge is 0.192 e. The van der Waals surface area contributed by atoms with Gasteiger partial charge in [-0.1, -0.05) is 12.1 Å². The Hall–Kier alpha value is -1.49. The van der Waals surface area contributed by atoms with Gasteiger partial charge in [0, 0.05) is 9.86 Å². The lowest BCUT2D eigenvalue weighted by atomic mass is 10.1. The van der Waals surface area contributed by atoms with Crippen LogP contribution in [-0.4, -0.2) is 20.0 Å². The Morgan fingerprint density at radius 3 is 3.07 bits per heavy atom. The second-order valence-corrected chi connectivity index (χ2v) is 4.27. The molecule has 0 radical (unpaired) electrons. The number of para-hydroxylation sites is 1. The predicted octanol–water partition coefficient (Wildman–Crippen LogP) is 2.35. The van der Waals surface area contributed by atoms with Crippen LogP contribution < -0.4 is 0 Å². The van der Waals surface area contributed by atoms with Gasteiger partial charge in [-0.25, -0.2) is 0 Å². The number of pyridine rings is 1. The van der Waals surface area contributed by atoms with E-state index in [9.17, 15) is 0 Å². The van der Waals surface area contributed by atoms with Crippen molar-refractivity contribution in [2.45, 2.75) is 6.92 Å². The van der Waals surface area contributed by atoms with Gasteiger partial charge < -0.3 is 0 Å². The second kappa shape index (κ2) is 3.00. The number of aryl methyl sites for hydroxylation is 1. The summed E-state index contributed by atoms with van der Waals surface area (Å²) in [4.78, 5) is 0. The van der Waals surface area contributed by atoms with Crippen molar-refractivity contribution >= 4 is 32.5 Å². The zero-order chi connectivity index (χ0) is 10.4. The van der Waals surface area contributed by atoms with Crippen LogP contribution in [0.25, 0.3) is 16.6 Å². The van der Waals surface area contributed by atoms with Crippen molar-refractivity contribution in [2.75, 3.05) is 0 Å². The van der Waals surface area contributed by atoms with E-state index < -0.39 is 0 Å². The molecule has 1 aromatic carbocycles. The molecule has 5 heteroatoms. The maximum Gasteiger partial charge on any atom is 0.180 e. The highest BCUT2D eigenvalue weighted by Gasteiger charge is 2.08. The third kappa shape index (κ3) is 1.16. The molecule has 15 heavy (non-hydrogen) atoms. The highest BCUT2D eigenvalue weighted by Crippen LogP contribution is 2.26. The first-order valence-corrected chi connectivity index (χ1v) is 5.32. The molecule has 0 unspecified atom stereocenters. The van der Waals surface area contributed by atoms with Crippen LogP contribution in [0.4, 0.5) is 0 Å². The summed E-state index contributed by atoms with van der Waals surface area (Å²) in [6.07, 6.45) is 0. The normalized spacial score (nSPS) is 11.3. The van der Waals surface area contributed by atoms with E-state index in [0.29, 0.717) is 0 Å². The summed E-state index contributed by atoms with van der Waals surface area (Å²) in [6.45, 7) is 2.06. The minimum Gasteiger partial charge on any atom is -0.192 e. The number of hydrogen-bond acceptors (Lipinski definition) is 3. The number of nitrogens with zero attached hydrogens (tertiary/aromatic N) is 4. The number of aromatic nitrogens is 4. The molecule has 2 heterocycles. The summed E-state index contributed by atoms with van der Waals surface area (Å²) >= 11 is 3.52. The van der Waals surface area contributed by atoms with Gasteiger partial charge in [0.1, 0.15) is 0 Å². The van der Waals surface area contributed by atoms with E-state index in [2.05, 4.69) is 44.4 Å². The molecule has 74 valence electrons. The molecule has 0 saturated carbocycles. The van der Waals surface area contributed by atoms with Gasteiger partial charge in [-0.3, -0.25) is 0 Å². The number of fused-ring (bicyclic) bond motifs is 3. The lowest BCUT2D eigenvalue weighted by Crippen LogP contribution is -1.93. The standard InChI is InChI=1S/C10H7BrN4/c1-6-5-9-12-13-14-15(9)10-7(6)3-2-4-8(10)11/h2-5H,1H3. The zero-order valence-electron chi connectivity index (χ0n) is 7.98. The van der Waals surface area contributed by atoms with Gasteiger partial charge in [-0.05, 0) is 51.0 Å².